The minimum Gasteiger partial charge on any atom is -0.357 e. The van der Waals surface area contributed by atoms with E-state index in [4.69, 9.17) is 5.73 Å². The van der Waals surface area contributed by atoms with Crippen LogP contribution in [0.4, 0.5) is 0 Å². The number of carbonyl (C=O) groups excluding carboxylic acids is 1. The molecule has 4 nitrogen and oxygen atoms in total. The molecular formula is C9H21N3O. The predicted octanol–water partition coefficient (Wildman–Crippen LogP) is -0.208. The van der Waals surface area contributed by atoms with Gasteiger partial charge in [-0.25, -0.2) is 0 Å². The molecule has 1 amide bonds. The Morgan fingerprint density at radius 2 is 2.08 bits per heavy atom. The fourth-order valence-electron chi connectivity index (χ4n) is 0.787. The van der Waals surface area contributed by atoms with Crippen molar-refractivity contribution in [2.24, 2.45) is 5.73 Å². The molecule has 0 saturated heterocycles. The number of rotatable bonds is 4. The van der Waals surface area contributed by atoms with Crippen LogP contribution in [0.25, 0.3) is 0 Å². The predicted molar refractivity (Wildman–Crippen MR) is 54.4 cm³/mol. The normalized spacial score (nSPS) is 15.7. The van der Waals surface area contributed by atoms with Gasteiger partial charge in [-0.3, -0.25) is 4.79 Å². The maximum atomic E-state index is 9.66. The molecule has 0 aliphatic heterocycles. The van der Waals surface area contributed by atoms with Crippen LogP contribution in [0.2, 0.25) is 0 Å². The molecule has 0 spiro atoms. The van der Waals surface area contributed by atoms with Crippen LogP contribution in [0.1, 0.15) is 19.3 Å². The molecule has 0 atom stereocenters. The van der Waals surface area contributed by atoms with Crippen LogP contribution in [-0.2, 0) is 4.79 Å². The van der Waals surface area contributed by atoms with Gasteiger partial charge in [0.05, 0.1) is 0 Å². The topological polar surface area (TPSA) is 58.4 Å². The third-order valence-corrected chi connectivity index (χ3v) is 1.94. The maximum Gasteiger partial charge on any atom is 0.207 e. The molecule has 0 radical (unpaired) electrons. The highest BCUT2D eigenvalue weighted by Gasteiger charge is 2.09. The van der Waals surface area contributed by atoms with Crippen molar-refractivity contribution >= 4 is 6.41 Å². The molecule has 0 bridgehead atoms. The van der Waals surface area contributed by atoms with Crippen LogP contribution >= 0.6 is 0 Å². The molecule has 1 saturated carbocycles. The summed E-state index contributed by atoms with van der Waals surface area (Å²) >= 11 is 0. The lowest BCUT2D eigenvalue weighted by Crippen LogP contribution is -2.27. The minimum atomic E-state index is 0.565. The van der Waals surface area contributed by atoms with Crippen molar-refractivity contribution in [1.29, 1.82) is 0 Å². The van der Waals surface area contributed by atoms with E-state index in [1.165, 1.54) is 19.3 Å². The number of nitrogens with zero attached hydrogens (tertiary/aromatic N) is 1. The standard InChI is InChI=1S/C5H12N2O.C4H9N/c1-7(2)4-3-6-5-8;5-4-2-1-3-4/h5H,3-4H2,1-2H3,(H,6,8);4H,1-3,5H2. The molecule has 0 unspecified atom stereocenters. The van der Waals surface area contributed by atoms with Gasteiger partial charge < -0.3 is 16.0 Å². The van der Waals surface area contributed by atoms with Crippen molar-refractivity contribution in [3.63, 3.8) is 0 Å². The third kappa shape index (κ3) is 9.30. The molecule has 1 rings (SSSR count). The molecule has 1 aliphatic carbocycles. The van der Waals surface area contributed by atoms with E-state index in [1.54, 1.807) is 0 Å². The number of nitrogens with two attached hydrogens (primary N) is 1. The first-order chi connectivity index (χ1) is 6.16. The number of likely N-dealkylation sites (N-methyl/N-ethyl adjacent to an activating group) is 1. The Kier molecular flexibility index (Phi) is 7.63. The van der Waals surface area contributed by atoms with Gasteiger partial charge in [-0.2, -0.15) is 0 Å². The Balaban J connectivity index is 0.000000243. The minimum absolute atomic E-state index is 0.565. The monoisotopic (exact) mass is 187 g/mol. The van der Waals surface area contributed by atoms with E-state index in [9.17, 15) is 4.79 Å². The maximum absolute atomic E-state index is 9.66. The molecule has 78 valence electrons. The number of hydrogen-bond donors (Lipinski definition) is 2. The Hall–Kier alpha value is -0.610. The summed E-state index contributed by atoms with van der Waals surface area (Å²) in [6.45, 7) is 1.63. The lowest BCUT2D eigenvalue weighted by atomic mass is 9.95. The number of hydrogen-bond acceptors (Lipinski definition) is 3. The second-order valence-electron chi connectivity index (χ2n) is 3.57. The van der Waals surface area contributed by atoms with Crippen LogP contribution in [-0.4, -0.2) is 44.5 Å². The fraction of sp³-hybridized carbons (Fsp3) is 0.889. The Bertz CT molecular complexity index is 124. The molecule has 0 heterocycles. The van der Waals surface area contributed by atoms with E-state index in [2.05, 4.69) is 5.32 Å². The first-order valence-corrected chi connectivity index (χ1v) is 4.74. The Labute approximate surface area is 80.5 Å². The van der Waals surface area contributed by atoms with Gasteiger partial charge in [0.2, 0.25) is 6.41 Å². The highest BCUT2D eigenvalue weighted by atomic mass is 16.1. The van der Waals surface area contributed by atoms with E-state index in [1.807, 2.05) is 19.0 Å². The first kappa shape index (κ1) is 12.4. The molecule has 13 heavy (non-hydrogen) atoms. The quantitative estimate of drug-likeness (QED) is 0.473. The van der Waals surface area contributed by atoms with Crippen molar-refractivity contribution in [3.8, 4) is 0 Å². The lowest BCUT2D eigenvalue weighted by molar-refractivity contribution is -0.109. The summed E-state index contributed by atoms with van der Waals surface area (Å²) in [4.78, 5) is 11.7. The Morgan fingerprint density at radius 3 is 2.31 bits per heavy atom. The first-order valence-electron chi connectivity index (χ1n) is 4.74. The van der Waals surface area contributed by atoms with E-state index < -0.39 is 0 Å². The van der Waals surface area contributed by atoms with Gasteiger partial charge in [-0.15, -0.1) is 0 Å². The number of amides is 1. The number of carbonyl (C=O) groups is 1. The number of nitrogens with one attached hydrogen (secondary N) is 1. The zero-order valence-electron chi connectivity index (χ0n) is 8.62. The molecule has 0 aromatic carbocycles. The van der Waals surface area contributed by atoms with Gasteiger partial charge in [-0.05, 0) is 26.9 Å². The molecule has 4 heteroatoms. The highest BCUT2D eigenvalue weighted by Crippen LogP contribution is 2.14. The van der Waals surface area contributed by atoms with Crippen molar-refractivity contribution in [3.05, 3.63) is 0 Å². The second-order valence-corrected chi connectivity index (χ2v) is 3.57. The summed E-state index contributed by atoms with van der Waals surface area (Å²) < 4.78 is 0. The van der Waals surface area contributed by atoms with Gasteiger partial charge >= 0.3 is 0 Å². The molecule has 1 fully saturated rings. The summed E-state index contributed by atoms with van der Waals surface area (Å²) in [6.07, 6.45) is 4.60. The van der Waals surface area contributed by atoms with E-state index >= 15 is 0 Å². The van der Waals surface area contributed by atoms with Crippen LogP contribution in [0.5, 0.6) is 0 Å². The van der Waals surface area contributed by atoms with Crippen LogP contribution < -0.4 is 11.1 Å². The molecule has 3 N–H and O–H groups in total. The Morgan fingerprint density at radius 1 is 1.54 bits per heavy atom. The summed E-state index contributed by atoms with van der Waals surface area (Å²) in [7, 11) is 3.93. The summed E-state index contributed by atoms with van der Waals surface area (Å²) in [5.74, 6) is 0. The van der Waals surface area contributed by atoms with Crippen LogP contribution in [0, 0.1) is 0 Å². The van der Waals surface area contributed by atoms with Crippen molar-refractivity contribution in [2.75, 3.05) is 27.2 Å². The average Bonchev–Trinajstić information content (AvgIpc) is 2.02. The zero-order chi connectivity index (χ0) is 10.1. The van der Waals surface area contributed by atoms with Gasteiger partial charge in [0.25, 0.3) is 0 Å². The summed E-state index contributed by atoms with van der Waals surface area (Å²) in [5, 5.41) is 2.56. The van der Waals surface area contributed by atoms with E-state index in [-0.39, 0.29) is 0 Å². The third-order valence-electron chi connectivity index (χ3n) is 1.94. The average molecular weight is 187 g/mol. The summed E-state index contributed by atoms with van der Waals surface area (Å²) in [6, 6.07) is 0.565. The molecule has 0 aromatic rings. The van der Waals surface area contributed by atoms with Gasteiger partial charge in [0.1, 0.15) is 0 Å². The van der Waals surface area contributed by atoms with Crippen molar-refractivity contribution in [2.45, 2.75) is 25.3 Å². The molecule has 0 aromatic heterocycles. The SMILES string of the molecule is CN(C)CCNC=O.NC1CCC1. The van der Waals surface area contributed by atoms with Gasteiger partial charge in [-0.1, -0.05) is 6.42 Å². The highest BCUT2D eigenvalue weighted by molar-refractivity contribution is 5.45. The van der Waals surface area contributed by atoms with Gasteiger partial charge in [0.15, 0.2) is 0 Å². The summed E-state index contributed by atoms with van der Waals surface area (Å²) in [5.41, 5.74) is 5.38. The van der Waals surface area contributed by atoms with Crippen LogP contribution in [0.15, 0.2) is 0 Å². The molecular weight excluding hydrogens is 166 g/mol. The fourth-order valence-corrected chi connectivity index (χ4v) is 0.787. The lowest BCUT2D eigenvalue weighted by Gasteiger charge is -2.18. The zero-order valence-corrected chi connectivity index (χ0v) is 8.62. The van der Waals surface area contributed by atoms with Crippen molar-refractivity contribution < 1.29 is 4.79 Å². The largest absolute Gasteiger partial charge is 0.357 e. The van der Waals surface area contributed by atoms with Crippen molar-refractivity contribution in [1.82, 2.24) is 10.2 Å². The van der Waals surface area contributed by atoms with E-state index in [0.29, 0.717) is 12.5 Å². The van der Waals surface area contributed by atoms with Crippen LogP contribution in [0.3, 0.4) is 0 Å². The smallest absolute Gasteiger partial charge is 0.207 e. The van der Waals surface area contributed by atoms with E-state index in [0.717, 1.165) is 13.1 Å². The van der Waals surface area contributed by atoms with Gasteiger partial charge in [0, 0.05) is 19.1 Å². The second kappa shape index (κ2) is 8.01. The molecule has 1 aliphatic rings.